The van der Waals surface area contributed by atoms with E-state index in [9.17, 15) is 19.5 Å². The van der Waals surface area contributed by atoms with Crippen LogP contribution in [-0.4, -0.2) is 46.9 Å². The molecule has 6 heteroatoms. The summed E-state index contributed by atoms with van der Waals surface area (Å²) in [5.41, 5.74) is -0.869. The number of carboxylic acid groups (broad SMARTS) is 1. The zero-order valence-corrected chi connectivity index (χ0v) is 11.9. The van der Waals surface area contributed by atoms with Gasteiger partial charge in [-0.15, -0.1) is 0 Å². The first-order valence-electron chi connectivity index (χ1n) is 6.50. The van der Waals surface area contributed by atoms with Crippen LogP contribution in [0.25, 0.3) is 0 Å². The first-order chi connectivity index (χ1) is 8.70. The normalized spacial score (nSPS) is 24.4. The van der Waals surface area contributed by atoms with Crippen molar-refractivity contribution >= 4 is 17.8 Å². The molecule has 0 aromatic carbocycles. The number of hydrogen-bond acceptors (Lipinski definition) is 3. The van der Waals surface area contributed by atoms with E-state index in [0.717, 1.165) is 0 Å². The van der Waals surface area contributed by atoms with Crippen molar-refractivity contribution in [1.29, 1.82) is 0 Å². The molecular weight excluding hydrogens is 248 g/mol. The second-order valence-electron chi connectivity index (χ2n) is 5.55. The molecule has 1 saturated heterocycles. The summed E-state index contributed by atoms with van der Waals surface area (Å²) in [7, 11) is 0. The summed E-state index contributed by atoms with van der Waals surface area (Å²) in [6, 6.07) is -0.616. The number of rotatable bonds is 4. The van der Waals surface area contributed by atoms with E-state index in [4.69, 9.17) is 0 Å². The molecule has 0 aromatic rings. The number of amides is 2. The minimum atomic E-state index is -0.869. The van der Waals surface area contributed by atoms with Crippen LogP contribution in [0.15, 0.2) is 0 Å². The molecule has 19 heavy (non-hydrogen) atoms. The average Bonchev–Trinajstić information content (AvgIpc) is 2.72. The van der Waals surface area contributed by atoms with Crippen LogP contribution < -0.4 is 5.32 Å². The lowest BCUT2D eigenvalue weighted by Crippen LogP contribution is -2.47. The minimum Gasteiger partial charge on any atom is -0.481 e. The molecule has 0 aliphatic carbocycles. The van der Waals surface area contributed by atoms with Gasteiger partial charge < -0.3 is 15.3 Å². The largest absolute Gasteiger partial charge is 0.481 e. The lowest BCUT2D eigenvalue weighted by Gasteiger charge is -2.29. The molecule has 2 unspecified atom stereocenters. The van der Waals surface area contributed by atoms with Gasteiger partial charge >= 0.3 is 5.97 Å². The van der Waals surface area contributed by atoms with Crippen molar-refractivity contribution in [2.24, 2.45) is 11.3 Å². The first-order valence-corrected chi connectivity index (χ1v) is 6.50. The van der Waals surface area contributed by atoms with E-state index in [1.165, 1.54) is 11.8 Å². The van der Waals surface area contributed by atoms with Gasteiger partial charge in [-0.25, -0.2) is 0 Å². The van der Waals surface area contributed by atoms with Crippen molar-refractivity contribution in [3.8, 4) is 0 Å². The molecule has 1 fully saturated rings. The van der Waals surface area contributed by atoms with E-state index in [1.807, 2.05) is 13.8 Å². The zero-order chi connectivity index (χ0) is 14.8. The summed E-state index contributed by atoms with van der Waals surface area (Å²) in [6.45, 7) is 7.32. The Morgan fingerprint density at radius 3 is 2.21 bits per heavy atom. The highest BCUT2D eigenvalue weighted by Crippen LogP contribution is 2.38. The second kappa shape index (κ2) is 5.59. The predicted molar refractivity (Wildman–Crippen MR) is 69.4 cm³/mol. The van der Waals surface area contributed by atoms with Crippen LogP contribution in [-0.2, 0) is 14.4 Å². The fourth-order valence-corrected chi connectivity index (χ4v) is 2.55. The Kier molecular flexibility index (Phi) is 4.55. The maximum Gasteiger partial charge on any atom is 0.311 e. The van der Waals surface area contributed by atoms with Crippen LogP contribution in [0.5, 0.6) is 0 Å². The number of likely N-dealkylation sites (tertiary alicyclic amines) is 1. The van der Waals surface area contributed by atoms with Crippen LogP contribution in [0.3, 0.4) is 0 Å². The summed E-state index contributed by atoms with van der Waals surface area (Å²) < 4.78 is 0. The second-order valence-corrected chi connectivity index (χ2v) is 5.55. The lowest BCUT2D eigenvalue weighted by molar-refractivity contribution is -0.151. The highest BCUT2D eigenvalue weighted by Gasteiger charge is 2.48. The quantitative estimate of drug-likeness (QED) is 0.777. The maximum absolute atomic E-state index is 12.1. The number of nitrogens with zero attached hydrogens (tertiary/aromatic N) is 1. The Bertz CT molecular complexity index is 394. The van der Waals surface area contributed by atoms with E-state index in [2.05, 4.69) is 5.32 Å². The van der Waals surface area contributed by atoms with Gasteiger partial charge in [-0.3, -0.25) is 14.4 Å². The number of hydrogen-bond donors (Lipinski definition) is 2. The first kappa shape index (κ1) is 15.5. The number of nitrogens with one attached hydrogen (secondary N) is 1. The smallest absolute Gasteiger partial charge is 0.311 e. The van der Waals surface area contributed by atoms with Crippen LogP contribution in [0.1, 0.15) is 34.1 Å². The molecule has 1 rings (SSSR count). The third-order valence-corrected chi connectivity index (χ3v) is 3.93. The number of aliphatic carboxylic acids is 1. The molecule has 108 valence electrons. The Morgan fingerprint density at radius 2 is 1.84 bits per heavy atom. The summed E-state index contributed by atoms with van der Waals surface area (Å²) >= 11 is 0. The third-order valence-electron chi connectivity index (χ3n) is 3.93. The van der Waals surface area contributed by atoms with E-state index >= 15 is 0 Å². The molecule has 0 radical (unpaired) electrons. The molecule has 2 atom stereocenters. The predicted octanol–water partition coefficient (Wildman–Crippen LogP) is 0.470. The fraction of sp³-hybridized carbons (Fsp3) is 0.769. The van der Waals surface area contributed by atoms with E-state index in [0.29, 0.717) is 13.0 Å². The zero-order valence-electron chi connectivity index (χ0n) is 11.9. The van der Waals surface area contributed by atoms with E-state index in [-0.39, 0.29) is 24.3 Å². The van der Waals surface area contributed by atoms with Gasteiger partial charge in [0.2, 0.25) is 11.8 Å². The molecule has 0 aromatic heterocycles. The van der Waals surface area contributed by atoms with Crippen molar-refractivity contribution in [1.82, 2.24) is 10.2 Å². The molecule has 0 bridgehead atoms. The molecule has 1 heterocycles. The van der Waals surface area contributed by atoms with Crippen molar-refractivity contribution in [3.63, 3.8) is 0 Å². The van der Waals surface area contributed by atoms with Crippen LogP contribution in [0, 0.1) is 11.3 Å². The summed E-state index contributed by atoms with van der Waals surface area (Å²) in [4.78, 5) is 36.1. The van der Waals surface area contributed by atoms with Gasteiger partial charge in [0.1, 0.15) is 6.04 Å². The Balaban J connectivity index is 2.77. The molecule has 0 spiro atoms. The molecule has 6 nitrogen and oxygen atoms in total. The topological polar surface area (TPSA) is 86.7 Å². The highest BCUT2D eigenvalue weighted by molar-refractivity contribution is 5.87. The Morgan fingerprint density at radius 1 is 1.26 bits per heavy atom. The summed E-state index contributed by atoms with van der Waals surface area (Å²) in [5, 5.41) is 11.9. The number of carboxylic acids is 1. The van der Waals surface area contributed by atoms with Gasteiger partial charge in [-0.05, 0) is 19.3 Å². The highest BCUT2D eigenvalue weighted by atomic mass is 16.4. The number of carbonyl (C=O) groups is 3. The summed E-state index contributed by atoms with van der Waals surface area (Å²) in [5.74, 6) is -1.39. The molecule has 0 saturated carbocycles. The van der Waals surface area contributed by atoms with Gasteiger partial charge in [0.15, 0.2) is 0 Å². The van der Waals surface area contributed by atoms with Gasteiger partial charge in [0.05, 0.1) is 5.41 Å². The van der Waals surface area contributed by atoms with Crippen LogP contribution in [0.2, 0.25) is 0 Å². The SMILES string of the molecule is CC(=O)NC(C)C(=O)N1CCC(C(=O)O)(C(C)C)C1. The van der Waals surface area contributed by atoms with Crippen LogP contribution in [0.4, 0.5) is 0 Å². The van der Waals surface area contributed by atoms with Gasteiger partial charge in [0.25, 0.3) is 0 Å². The lowest BCUT2D eigenvalue weighted by atomic mass is 9.76. The van der Waals surface area contributed by atoms with E-state index < -0.39 is 17.4 Å². The van der Waals surface area contributed by atoms with Crippen molar-refractivity contribution in [3.05, 3.63) is 0 Å². The monoisotopic (exact) mass is 270 g/mol. The summed E-state index contributed by atoms with van der Waals surface area (Å²) in [6.07, 6.45) is 0.457. The third kappa shape index (κ3) is 3.05. The molecule has 1 aliphatic heterocycles. The Hall–Kier alpha value is -1.59. The molecule has 2 amide bonds. The molecule has 2 N–H and O–H groups in total. The average molecular weight is 270 g/mol. The van der Waals surface area contributed by atoms with Gasteiger partial charge in [-0.2, -0.15) is 0 Å². The van der Waals surface area contributed by atoms with Gasteiger partial charge in [-0.1, -0.05) is 13.8 Å². The molecule has 1 aliphatic rings. The standard InChI is InChI=1S/C13H22N2O4/c1-8(2)13(12(18)19)5-6-15(7-13)11(17)9(3)14-10(4)16/h8-9H,5-7H2,1-4H3,(H,14,16)(H,18,19). The fourth-order valence-electron chi connectivity index (χ4n) is 2.55. The van der Waals surface area contributed by atoms with E-state index in [1.54, 1.807) is 6.92 Å². The van der Waals surface area contributed by atoms with Crippen molar-refractivity contribution in [2.75, 3.05) is 13.1 Å². The Labute approximate surface area is 113 Å². The van der Waals surface area contributed by atoms with Crippen molar-refractivity contribution < 1.29 is 19.5 Å². The van der Waals surface area contributed by atoms with Crippen molar-refractivity contribution in [2.45, 2.75) is 40.2 Å². The van der Waals surface area contributed by atoms with Crippen LogP contribution >= 0.6 is 0 Å². The number of carbonyl (C=O) groups excluding carboxylic acids is 2. The maximum atomic E-state index is 12.1. The van der Waals surface area contributed by atoms with Gasteiger partial charge in [0, 0.05) is 20.0 Å². The minimum absolute atomic E-state index is 0.0427. The molecular formula is C13H22N2O4.